The second kappa shape index (κ2) is 8.26. The molecule has 0 atom stereocenters. The lowest BCUT2D eigenvalue weighted by Gasteiger charge is -2.36. The molecule has 4 aromatic carbocycles. The molecule has 5 heteroatoms. The van der Waals surface area contributed by atoms with Crippen molar-refractivity contribution in [1.29, 1.82) is 0 Å². The fraction of sp³-hybridized carbons (Fsp3) is 0.0714. The van der Waals surface area contributed by atoms with Gasteiger partial charge in [-0.3, -0.25) is 4.31 Å². The van der Waals surface area contributed by atoms with Crippen LogP contribution in [0.1, 0.15) is 11.1 Å². The molecule has 0 bridgehead atoms. The van der Waals surface area contributed by atoms with Gasteiger partial charge in [-0.1, -0.05) is 72.8 Å². The van der Waals surface area contributed by atoms with Crippen LogP contribution in [0.2, 0.25) is 0 Å². The Kier molecular flexibility index (Phi) is 5.27. The number of aryl methyl sites for hydroxylation is 1. The van der Waals surface area contributed by atoms with E-state index in [1.165, 1.54) is 4.31 Å². The van der Waals surface area contributed by atoms with Crippen LogP contribution in [0.3, 0.4) is 0 Å². The Morgan fingerprint density at radius 3 is 1.97 bits per heavy atom. The Balaban J connectivity index is 1.78. The topological polar surface area (TPSA) is 40.6 Å². The van der Waals surface area contributed by atoms with Gasteiger partial charge >= 0.3 is 0 Å². The predicted molar refractivity (Wildman–Crippen MR) is 136 cm³/mol. The molecule has 1 aliphatic heterocycles. The molecule has 5 rings (SSSR count). The first kappa shape index (κ1) is 21.0. The first-order chi connectivity index (χ1) is 16.0. The van der Waals surface area contributed by atoms with Crippen molar-refractivity contribution >= 4 is 38.3 Å². The Bertz CT molecular complexity index is 1430. The van der Waals surface area contributed by atoms with Crippen LogP contribution in [0.4, 0.5) is 22.7 Å². The first-order valence-electron chi connectivity index (χ1n) is 10.8. The molecule has 0 radical (unpaired) electrons. The maximum atomic E-state index is 13.9. The fourth-order valence-corrected chi connectivity index (χ4v) is 5.69. The molecule has 1 heterocycles. The molecule has 0 aromatic heterocycles. The molecular formula is C28H24N2O2S. The van der Waals surface area contributed by atoms with Gasteiger partial charge in [0.05, 0.1) is 28.5 Å². The molecule has 164 valence electrons. The molecule has 0 aliphatic carbocycles. The van der Waals surface area contributed by atoms with Crippen LogP contribution in [0.5, 0.6) is 0 Å². The highest BCUT2D eigenvalue weighted by atomic mass is 32.2. The molecule has 0 spiro atoms. The monoisotopic (exact) mass is 452 g/mol. The maximum absolute atomic E-state index is 13.9. The summed E-state index contributed by atoms with van der Waals surface area (Å²) >= 11 is 0. The summed E-state index contributed by atoms with van der Waals surface area (Å²) in [5.41, 5.74) is 5.97. The average Bonchev–Trinajstić information content (AvgIpc) is 2.83. The molecule has 4 aromatic rings. The minimum atomic E-state index is -3.83. The summed E-state index contributed by atoms with van der Waals surface area (Å²) in [4.78, 5) is 2.36. The minimum absolute atomic E-state index is 0.160. The molecule has 0 saturated heterocycles. The van der Waals surface area contributed by atoms with E-state index in [0.717, 1.165) is 33.8 Å². The number of fused-ring (bicyclic) bond motifs is 2. The second-order valence-corrected chi connectivity index (χ2v) is 9.97. The van der Waals surface area contributed by atoms with Crippen LogP contribution in [0.15, 0.2) is 115 Å². The lowest BCUT2D eigenvalue weighted by atomic mass is 10.0. The smallest absolute Gasteiger partial charge is 0.264 e. The summed E-state index contributed by atoms with van der Waals surface area (Å²) in [6.45, 7) is 6.40. The first-order valence-corrected chi connectivity index (χ1v) is 12.2. The van der Waals surface area contributed by atoms with Crippen molar-refractivity contribution in [3.05, 3.63) is 121 Å². The second-order valence-electron chi connectivity index (χ2n) is 8.11. The van der Waals surface area contributed by atoms with Gasteiger partial charge in [0.15, 0.2) is 0 Å². The number of benzene rings is 4. The Morgan fingerprint density at radius 2 is 1.27 bits per heavy atom. The van der Waals surface area contributed by atoms with E-state index >= 15 is 0 Å². The van der Waals surface area contributed by atoms with Gasteiger partial charge in [0.2, 0.25) is 0 Å². The third-order valence-electron chi connectivity index (χ3n) is 5.88. The molecule has 0 fully saturated rings. The third-order valence-corrected chi connectivity index (χ3v) is 7.65. The van der Waals surface area contributed by atoms with Crippen molar-refractivity contribution in [2.45, 2.75) is 11.8 Å². The maximum Gasteiger partial charge on any atom is 0.264 e. The quantitative estimate of drug-likeness (QED) is 0.348. The number of hydrogen-bond acceptors (Lipinski definition) is 3. The van der Waals surface area contributed by atoms with Gasteiger partial charge in [-0.25, -0.2) is 8.42 Å². The molecular weight excluding hydrogens is 428 g/mol. The van der Waals surface area contributed by atoms with Crippen LogP contribution >= 0.6 is 0 Å². The van der Waals surface area contributed by atoms with Gasteiger partial charge in [-0.2, -0.15) is 0 Å². The highest BCUT2D eigenvalue weighted by molar-refractivity contribution is 7.92. The lowest BCUT2D eigenvalue weighted by Crippen LogP contribution is -2.35. The van der Waals surface area contributed by atoms with E-state index in [0.29, 0.717) is 5.69 Å². The molecule has 0 N–H and O–H groups in total. The number of rotatable bonds is 3. The molecule has 0 saturated carbocycles. The highest BCUT2D eigenvalue weighted by Gasteiger charge is 2.32. The van der Waals surface area contributed by atoms with Crippen LogP contribution in [-0.2, 0) is 10.0 Å². The summed E-state index contributed by atoms with van der Waals surface area (Å²) in [6, 6.07) is 32.6. The fourth-order valence-electron chi connectivity index (χ4n) is 4.21. The zero-order valence-electron chi connectivity index (χ0n) is 18.3. The summed E-state index contributed by atoms with van der Waals surface area (Å²) in [5, 5.41) is 0. The van der Waals surface area contributed by atoms with Crippen LogP contribution in [-0.4, -0.2) is 15.0 Å². The summed E-state index contributed by atoms with van der Waals surface area (Å²) in [5.74, 6) is 0. The van der Waals surface area contributed by atoms with E-state index in [2.05, 4.69) is 17.5 Å². The van der Waals surface area contributed by atoms with Crippen LogP contribution < -0.4 is 9.21 Å². The summed E-state index contributed by atoms with van der Waals surface area (Å²) < 4.78 is 29.3. The minimum Gasteiger partial charge on any atom is -0.308 e. The normalized spacial score (nSPS) is 13.7. The zero-order valence-corrected chi connectivity index (χ0v) is 19.2. The van der Waals surface area contributed by atoms with E-state index in [1.807, 2.05) is 91.9 Å². The van der Waals surface area contributed by atoms with Gasteiger partial charge in [-0.05, 0) is 55.0 Å². The van der Waals surface area contributed by atoms with Crippen molar-refractivity contribution in [2.24, 2.45) is 0 Å². The third kappa shape index (κ3) is 3.70. The van der Waals surface area contributed by atoms with Gasteiger partial charge < -0.3 is 4.90 Å². The lowest BCUT2D eigenvalue weighted by molar-refractivity contribution is 0.593. The van der Waals surface area contributed by atoms with Crippen molar-refractivity contribution in [3.8, 4) is 0 Å². The van der Waals surface area contributed by atoms with Crippen molar-refractivity contribution < 1.29 is 8.42 Å². The van der Waals surface area contributed by atoms with Gasteiger partial charge in [-0.15, -0.1) is 0 Å². The van der Waals surface area contributed by atoms with Crippen molar-refractivity contribution in [2.75, 3.05) is 15.7 Å². The largest absolute Gasteiger partial charge is 0.308 e. The van der Waals surface area contributed by atoms with Crippen LogP contribution in [0.25, 0.3) is 5.57 Å². The van der Waals surface area contributed by atoms with E-state index in [4.69, 9.17) is 0 Å². The number of para-hydroxylation sites is 4. The number of hydrogen-bond donors (Lipinski definition) is 0. The molecule has 4 nitrogen and oxygen atoms in total. The highest BCUT2D eigenvalue weighted by Crippen LogP contribution is 2.46. The van der Waals surface area contributed by atoms with Gasteiger partial charge in [0, 0.05) is 11.3 Å². The standard InChI is InChI=1S/C28H24N2O2S/c1-21-16-18-24(19-17-21)33(31,32)29-20-22(2)25-12-6-7-13-26(25)30(23-10-4-3-5-11-23)28-15-9-8-14-27(28)29/h3-19H,2,20H2,1H3. The zero-order chi connectivity index (χ0) is 23.0. The van der Waals surface area contributed by atoms with E-state index in [1.54, 1.807) is 12.1 Å². The number of anilines is 4. The molecule has 1 aliphatic rings. The number of nitrogens with zero attached hydrogens (tertiary/aromatic N) is 2. The molecule has 33 heavy (non-hydrogen) atoms. The van der Waals surface area contributed by atoms with E-state index in [9.17, 15) is 8.42 Å². The SMILES string of the molecule is C=C1CN(S(=O)(=O)c2ccc(C)cc2)c2ccccc2N(c2ccccc2)c2ccccc21. The summed E-state index contributed by atoms with van der Waals surface area (Å²) in [6.07, 6.45) is 0. The summed E-state index contributed by atoms with van der Waals surface area (Å²) in [7, 11) is -3.83. The predicted octanol–water partition coefficient (Wildman–Crippen LogP) is 6.69. The van der Waals surface area contributed by atoms with Gasteiger partial charge in [0.1, 0.15) is 0 Å². The van der Waals surface area contributed by atoms with Gasteiger partial charge in [0.25, 0.3) is 10.0 Å². The van der Waals surface area contributed by atoms with E-state index in [-0.39, 0.29) is 11.4 Å². The van der Waals surface area contributed by atoms with E-state index < -0.39 is 10.0 Å². The average molecular weight is 453 g/mol. The molecule has 0 unspecified atom stereocenters. The van der Waals surface area contributed by atoms with Crippen molar-refractivity contribution in [1.82, 2.24) is 0 Å². The van der Waals surface area contributed by atoms with Crippen LogP contribution in [0, 0.1) is 6.92 Å². The Morgan fingerprint density at radius 1 is 0.697 bits per heavy atom. The number of sulfonamides is 1. The Hall–Kier alpha value is -3.83. The molecule has 0 amide bonds. The van der Waals surface area contributed by atoms with Crippen molar-refractivity contribution in [3.63, 3.8) is 0 Å². The Labute approximate surface area is 195 Å².